The summed E-state index contributed by atoms with van der Waals surface area (Å²) in [4.78, 5) is 24.8. The number of hydrogen-bond acceptors (Lipinski definition) is 3. The van der Waals surface area contributed by atoms with Gasteiger partial charge in [0, 0.05) is 12.8 Å². The summed E-state index contributed by atoms with van der Waals surface area (Å²) in [7, 11) is 0. The minimum atomic E-state index is -0.0669. The number of carbonyl (C=O) groups excluding carboxylic acids is 2. The maximum atomic E-state index is 12.2. The van der Waals surface area contributed by atoms with Gasteiger partial charge in [0.25, 0.3) is 0 Å². The molecule has 0 aliphatic heterocycles. The van der Waals surface area contributed by atoms with Crippen molar-refractivity contribution in [2.24, 2.45) is 0 Å². The summed E-state index contributed by atoms with van der Waals surface area (Å²) in [5, 5.41) is 3.07. The lowest BCUT2D eigenvalue weighted by molar-refractivity contribution is -0.121. The number of nitrogens with one attached hydrogen (secondary N) is 1. The van der Waals surface area contributed by atoms with Crippen molar-refractivity contribution in [3.8, 4) is 0 Å². The largest absolute Gasteiger partial charge is 0.349 e. The molecule has 0 fully saturated rings. The molecule has 3 nitrogen and oxygen atoms in total. The second-order valence-electron chi connectivity index (χ2n) is 5.74. The standard InChI is InChI=1S/C18H18ClNO2S/c19-17-10-9-16(23-17)15(21)8-11-18(22)20-14-7-3-5-12-4-1-2-6-13(12)14/h1-2,4,6,9-10,14H,3,5,7-8,11H2,(H,20,22)/t14-/m1/s1. The number of thiophene rings is 1. The first-order valence-electron chi connectivity index (χ1n) is 7.79. The molecule has 1 heterocycles. The van der Waals surface area contributed by atoms with Crippen LogP contribution >= 0.6 is 22.9 Å². The van der Waals surface area contributed by atoms with Gasteiger partial charge in [0.2, 0.25) is 5.91 Å². The molecule has 0 bridgehead atoms. The molecule has 1 aromatic heterocycles. The number of aryl methyl sites for hydroxylation is 1. The van der Waals surface area contributed by atoms with E-state index in [1.165, 1.54) is 22.5 Å². The molecule has 0 saturated carbocycles. The average Bonchev–Trinajstić information content (AvgIpc) is 2.99. The van der Waals surface area contributed by atoms with Crippen LogP contribution in [0.3, 0.4) is 0 Å². The highest BCUT2D eigenvalue weighted by molar-refractivity contribution is 7.18. The van der Waals surface area contributed by atoms with E-state index in [2.05, 4.69) is 17.4 Å². The van der Waals surface area contributed by atoms with Crippen LogP contribution in [-0.4, -0.2) is 11.7 Å². The van der Waals surface area contributed by atoms with Crippen molar-refractivity contribution in [2.75, 3.05) is 0 Å². The molecule has 0 radical (unpaired) electrons. The fraction of sp³-hybridized carbons (Fsp3) is 0.333. The zero-order valence-corrected chi connectivity index (χ0v) is 14.3. The summed E-state index contributed by atoms with van der Waals surface area (Å²) in [6, 6.07) is 11.7. The minimum Gasteiger partial charge on any atom is -0.349 e. The molecule has 120 valence electrons. The highest BCUT2D eigenvalue weighted by atomic mass is 35.5. The van der Waals surface area contributed by atoms with E-state index in [1.807, 2.05) is 12.1 Å². The predicted octanol–water partition coefficient (Wildman–Crippen LogP) is 4.56. The predicted molar refractivity (Wildman–Crippen MR) is 93.2 cm³/mol. The normalized spacial score (nSPS) is 16.7. The van der Waals surface area contributed by atoms with Gasteiger partial charge in [0.05, 0.1) is 15.3 Å². The van der Waals surface area contributed by atoms with Gasteiger partial charge in [-0.3, -0.25) is 9.59 Å². The number of benzene rings is 1. The molecular formula is C18H18ClNO2S. The number of Topliss-reactive ketones (excluding diaryl/α,β-unsaturated/α-hetero) is 1. The molecule has 0 unspecified atom stereocenters. The van der Waals surface area contributed by atoms with Crippen LogP contribution in [0, 0.1) is 0 Å². The van der Waals surface area contributed by atoms with E-state index in [9.17, 15) is 9.59 Å². The first-order valence-corrected chi connectivity index (χ1v) is 8.98. The molecule has 1 amide bonds. The SMILES string of the molecule is O=C(CCC(=O)c1ccc(Cl)s1)N[C@@H]1CCCc2ccccc21. The number of halogens is 1. The average molecular weight is 348 g/mol. The van der Waals surface area contributed by atoms with Crippen molar-refractivity contribution in [1.82, 2.24) is 5.32 Å². The Morgan fingerprint density at radius 2 is 2.00 bits per heavy atom. The van der Waals surface area contributed by atoms with Gasteiger partial charge in [-0.1, -0.05) is 35.9 Å². The van der Waals surface area contributed by atoms with Crippen LogP contribution in [0.5, 0.6) is 0 Å². The van der Waals surface area contributed by atoms with Gasteiger partial charge in [0.15, 0.2) is 5.78 Å². The Morgan fingerprint density at radius 1 is 1.17 bits per heavy atom. The lowest BCUT2D eigenvalue weighted by atomic mass is 9.87. The molecule has 1 N–H and O–H groups in total. The number of rotatable bonds is 5. The molecular weight excluding hydrogens is 330 g/mol. The molecule has 0 spiro atoms. The summed E-state index contributed by atoms with van der Waals surface area (Å²) in [5.74, 6) is -0.0937. The Morgan fingerprint density at radius 3 is 2.78 bits per heavy atom. The van der Waals surface area contributed by atoms with E-state index in [0.29, 0.717) is 9.21 Å². The maximum Gasteiger partial charge on any atom is 0.220 e. The van der Waals surface area contributed by atoms with Crippen LogP contribution in [0.15, 0.2) is 36.4 Å². The van der Waals surface area contributed by atoms with E-state index in [-0.39, 0.29) is 30.6 Å². The third-order valence-corrected chi connectivity index (χ3v) is 5.40. The fourth-order valence-electron chi connectivity index (χ4n) is 2.98. The first kappa shape index (κ1) is 16.2. The second-order valence-corrected chi connectivity index (χ2v) is 7.45. The topological polar surface area (TPSA) is 46.2 Å². The summed E-state index contributed by atoms with van der Waals surface area (Å²) in [5.41, 5.74) is 2.52. The van der Waals surface area contributed by atoms with Crippen molar-refractivity contribution in [3.63, 3.8) is 0 Å². The van der Waals surface area contributed by atoms with E-state index >= 15 is 0 Å². The van der Waals surface area contributed by atoms with Crippen molar-refractivity contribution in [1.29, 1.82) is 0 Å². The van der Waals surface area contributed by atoms with Crippen LogP contribution in [0.1, 0.15) is 52.5 Å². The highest BCUT2D eigenvalue weighted by Gasteiger charge is 2.21. The molecule has 23 heavy (non-hydrogen) atoms. The van der Waals surface area contributed by atoms with Crippen LogP contribution in [0.2, 0.25) is 4.34 Å². The van der Waals surface area contributed by atoms with Crippen LogP contribution < -0.4 is 5.32 Å². The van der Waals surface area contributed by atoms with Crippen LogP contribution in [0.4, 0.5) is 0 Å². The van der Waals surface area contributed by atoms with Crippen LogP contribution in [0.25, 0.3) is 0 Å². The van der Waals surface area contributed by atoms with Gasteiger partial charge >= 0.3 is 0 Å². The number of ketones is 1. The van der Waals surface area contributed by atoms with E-state index in [1.54, 1.807) is 12.1 Å². The maximum absolute atomic E-state index is 12.2. The summed E-state index contributed by atoms with van der Waals surface area (Å²) in [6.07, 6.45) is 3.54. The zero-order chi connectivity index (χ0) is 16.2. The monoisotopic (exact) mass is 347 g/mol. The van der Waals surface area contributed by atoms with E-state index < -0.39 is 0 Å². The number of carbonyl (C=O) groups is 2. The Labute approximate surface area is 144 Å². The van der Waals surface area contributed by atoms with Gasteiger partial charge < -0.3 is 5.32 Å². The Balaban J connectivity index is 1.55. The first-order chi connectivity index (χ1) is 11.1. The minimum absolute atomic E-state index is 0.0268. The third-order valence-electron chi connectivity index (χ3n) is 4.13. The second kappa shape index (κ2) is 7.28. The Bertz CT molecular complexity index is 725. The number of amides is 1. The molecule has 1 aromatic carbocycles. The van der Waals surface area contributed by atoms with Crippen molar-refractivity contribution >= 4 is 34.6 Å². The lowest BCUT2D eigenvalue weighted by Crippen LogP contribution is -2.31. The quantitative estimate of drug-likeness (QED) is 0.806. The van der Waals surface area contributed by atoms with Crippen molar-refractivity contribution in [2.45, 2.75) is 38.1 Å². The molecule has 3 rings (SSSR count). The lowest BCUT2D eigenvalue weighted by Gasteiger charge is -2.26. The van der Waals surface area contributed by atoms with Gasteiger partial charge in [-0.15, -0.1) is 11.3 Å². The third kappa shape index (κ3) is 4.01. The van der Waals surface area contributed by atoms with Crippen LogP contribution in [-0.2, 0) is 11.2 Å². The summed E-state index contributed by atoms with van der Waals surface area (Å²) < 4.78 is 0.594. The molecule has 5 heteroatoms. The molecule has 1 atom stereocenters. The van der Waals surface area contributed by atoms with E-state index in [4.69, 9.17) is 11.6 Å². The molecule has 1 aliphatic carbocycles. The molecule has 0 saturated heterocycles. The molecule has 1 aliphatic rings. The highest BCUT2D eigenvalue weighted by Crippen LogP contribution is 2.29. The van der Waals surface area contributed by atoms with Gasteiger partial charge in [-0.2, -0.15) is 0 Å². The smallest absolute Gasteiger partial charge is 0.220 e. The molecule has 2 aromatic rings. The summed E-state index contributed by atoms with van der Waals surface area (Å²) in [6.45, 7) is 0. The van der Waals surface area contributed by atoms with Crippen molar-refractivity contribution in [3.05, 3.63) is 56.7 Å². The van der Waals surface area contributed by atoms with Gasteiger partial charge in [-0.05, 0) is 42.5 Å². The summed E-state index contributed by atoms with van der Waals surface area (Å²) >= 11 is 7.09. The van der Waals surface area contributed by atoms with E-state index in [0.717, 1.165) is 19.3 Å². The van der Waals surface area contributed by atoms with Crippen molar-refractivity contribution < 1.29 is 9.59 Å². The zero-order valence-electron chi connectivity index (χ0n) is 12.7. The number of hydrogen-bond donors (Lipinski definition) is 1. The fourth-order valence-corrected chi connectivity index (χ4v) is 4.00. The number of fused-ring (bicyclic) bond motifs is 1. The van der Waals surface area contributed by atoms with Gasteiger partial charge in [0.1, 0.15) is 0 Å². The Kier molecular flexibility index (Phi) is 5.13. The van der Waals surface area contributed by atoms with Gasteiger partial charge in [-0.25, -0.2) is 0 Å². The Hall–Kier alpha value is -1.65.